The summed E-state index contributed by atoms with van der Waals surface area (Å²) in [7, 11) is 0. The van der Waals surface area contributed by atoms with Crippen molar-refractivity contribution in [2.24, 2.45) is 5.92 Å². The molecule has 0 bridgehead atoms. The van der Waals surface area contributed by atoms with Crippen LogP contribution in [0.1, 0.15) is 16.8 Å². The predicted octanol–water partition coefficient (Wildman–Crippen LogP) is 0.870. The van der Waals surface area contributed by atoms with Crippen LogP contribution in [0.5, 0.6) is 0 Å². The van der Waals surface area contributed by atoms with E-state index >= 15 is 0 Å². The molecular weight excluding hydrogens is 194 g/mol. The van der Waals surface area contributed by atoms with Crippen LogP contribution in [-0.4, -0.2) is 29.8 Å². The van der Waals surface area contributed by atoms with Crippen molar-refractivity contribution in [2.45, 2.75) is 6.42 Å². The monoisotopic (exact) mass is 205 g/mol. The van der Waals surface area contributed by atoms with Gasteiger partial charge in [0.05, 0.1) is 13.2 Å². The summed E-state index contributed by atoms with van der Waals surface area (Å²) >= 11 is 0. The highest BCUT2D eigenvalue weighted by molar-refractivity contribution is 6.11. The van der Waals surface area contributed by atoms with Crippen LogP contribution < -0.4 is 0 Å². The molecule has 1 aliphatic heterocycles. The number of hydrogen-bond acceptors (Lipinski definition) is 4. The van der Waals surface area contributed by atoms with Crippen molar-refractivity contribution in [3.63, 3.8) is 0 Å². The van der Waals surface area contributed by atoms with Crippen LogP contribution in [-0.2, 0) is 9.53 Å². The van der Waals surface area contributed by atoms with Gasteiger partial charge in [0.25, 0.3) is 0 Å². The first-order chi connectivity index (χ1) is 7.29. The summed E-state index contributed by atoms with van der Waals surface area (Å²) in [6.45, 7) is 0.638. The number of ether oxygens (including phenoxy) is 1. The quantitative estimate of drug-likeness (QED) is 0.531. The predicted molar refractivity (Wildman–Crippen MR) is 52.5 cm³/mol. The van der Waals surface area contributed by atoms with Crippen molar-refractivity contribution in [1.29, 1.82) is 0 Å². The maximum absolute atomic E-state index is 11.9. The smallest absolute Gasteiger partial charge is 0.175 e. The minimum Gasteiger partial charge on any atom is -0.380 e. The Balaban J connectivity index is 2.17. The molecule has 0 radical (unpaired) electrons. The minimum absolute atomic E-state index is 0.0249. The summed E-state index contributed by atoms with van der Waals surface area (Å²) in [6.07, 6.45) is 3.42. The molecule has 0 saturated carbocycles. The lowest BCUT2D eigenvalue weighted by Gasteiger charge is -2.19. The first-order valence-corrected chi connectivity index (χ1v) is 4.84. The van der Waals surface area contributed by atoms with Crippen molar-refractivity contribution < 1.29 is 14.3 Å². The first-order valence-electron chi connectivity index (χ1n) is 4.84. The second kappa shape index (κ2) is 4.31. The third-order valence-corrected chi connectivity index (χ3v) is 2.45. The Morgan fingerprint density at radius 1 is 1.40 bits per heavy atom. The fraction of sp³-hybridized carbons (Fsp3) is 0.364. The Morgan fingerprint density at radius 3 is 2.80 bits per heavy atom. The van der Waals surface area contributed by atoms with Crippen molar-refractivity contribution in [2.75, 3.05) is 13.2 Å². The lowest BCUT2D eigenvalue weighted by Crippen LogP contribution is -2.33. The van der Waals surface area contributed by atoms with Gasteiger partial charge in [-0.2, -0.15) is 0 Å². The second-order valence-corrected chi connectivity index (χ2v) is 3.44. The zero-order valence-electron chi connectivity index (χ0n) is 8.18. The van der Waals surface area contributed by atoms with Gasteiger partial charge in [-0.1, -0.05) is 0 Å². The van der Waals surface area contributed by atoms with Gasteiger partial charge in [-0.25, -0.2) is 0 Å². The number of Topliss-reactive ketones (excluding diaryl/α,β-unsaturated/α-hetero) is 2. The Hall–Kier alpha value is -1.55. The van der Waals surface area contributed by atoms with E-state index in [0.717, 1.165) is 0 Å². The van der Waals surface area contributed by atoms with E-state index in [9.17, 15) is 9.59 Å². The lowest BCUT2D eigenvalue weighted by molar-refractivity contribution is -0.128. The molecule has 0 spiro atoms. The molecule has 4 heteroatoms. The molecule has 0 N–H and O–H groups in total. The fourth-order valence-electron chi connectivity index (χ4n) is 1.58. The summed E-state index contributed by atoms with van der Waals surface area (Å²) in [4.78, 5) is 27.2. The number of rotatable bonds is 2. The molecule has 1 aromatic rings. The summed E-state index contributed by atoms with van der Waals surface area (Å²) in [6, 6.07) is 3.23. The van der Waals surface area contributed by atoms with E-state index in [0.29, 0.717) is 18.6 Å². The van der Waals surface area contributed by atoms with Gasteiger partial charge >= 0.3 is 0 Å². The number of nitrogens with zero attached hydrogens (tertiary/aromatic N) is 1. The standard InChI is InChI=1S/C11H11NO3/c13-10-3-6-15-7-9(10)11(14)8-1-4-12-5-2-8/h1-2,4-5,9H,3,6-7H2. The van der Waals surface area contributed by atoms with Gasteiger partial charge in [0.1, 0.15) is 11.7 Å². The van der Waals surface area contributed by atoms with Crippen LogP contribution in [0.15, 0.2) is 24.5 Å². The van der Waals surface area contributed by atoms with Crippen LogP contribution in [0.3, 0.4) is 0 Å². The zero-order valence-corrected chi connectivity index (χ0v) is 8.18. The minimum atomic E-state index is -0.624. The first kappa shape index (κ1) is 9.98. The molecule has 4 nitrogen and oxygen atoms in total. The van der Waals surface area contributed by atoms with Crippen LogP contribution in [0.25, 0.3) is 0 Å². The van der Waals surface area contributed by atoms with Crippen LogP contribution in [0.4, 0.5) is 0 Å². The third-order valence-electron chi connectivity index (χ3n) is 2.45. The number of pyridine rings is 1. The van der Waals surface area contributed by atoms with Gasteiger partial charge in [0, 0.05) is 24.4 Å². The van der Waals surface area contributed by atoms with Gasteiger partial charge in [0.15, 0.2) is 5.78 Å². The molecule has 1 aromatic heterocycles. The fourth-order valence-corrected chi connectivity index (χ4v) is 1.58. The molecule has 1 unspecified atom stereocenters. The molecule has 1 aliphatic rings. The topological polar surface area (TPSA) is 56.3 Å². The van der Waals surface area contributed by atoms with Crippen molar-refractivity contribution in [3.05, 3.63) is 30.1 Å². The Bertz CT molecular complexity index is 375. The highest BCUT2D eigenvalue weighted by Gasteiger charge is 2.30. The number of aromatic nitrogens is 1. The molecule has 1 atom stereocenters. The van der Waals surface area contributed by atoms with E-state index in [1.165, 1.54) is 0 Å². The van der Waals surface area contributed by atoms with E-state index in [4.69, 9.17) is 4.74 Å². The second-order valence-electron chi connectivity index (χ2n) is 3.44. The zero-order chi connectivity index (χ0) is 10.7. The largest absolute Gasteiger partial charge is 0.380 e. The number of hydrogen-bond donors (Lipinski definition) is 0. The molecule has 15 heavy (non-hydrogen) atoms. The summed E-state index contributed by atoms with van der Waals surface area (Å²) in [5.41, 5.74) is 0.522. The Morgan fingerprint density at radius 2 is 2.13 bits per heavy atom. The molecule has 0 aromatic carbocycles. The Labute approximate surface area is 87.3 Å². The van der Waals surface area contributed by atoms with Crippen LogP contribution in [0, 0.1) is 5.92 Å². The number of carbonyl (C=O) groups is 2. The molecule has 0 amide bonds. The summed E-state index contributed by atoms with van der Waals surface area (Å²) in [5.74, 6) is -0.814. The average molecular weight is 205 g/mol. The molecule has 78 valence electrons. The summed E-state index contributed by atoms with van der Waals surface area (Å²) < 4.78 is 5.14. The van der Waals surface area contributed by atoms with E-state index in [1.54, 1.807) is 24.5 Å². The molecular formula is C11H11NO3. The van der Waals surface area contributed by atoms with Gasteiger partial charge in [-0.15, -0.1) is 0 Å². The van der Waals surface area contributed by atoms with E-state index in [2.05, 4.69) is 4.98 Å². The highest BCUT2D eigenvalue weighted by Crippen LogP contribution is 2.15. The van der Waals surface area contributed by atoms with Crippen molar-refractivity contribution in [1.82, 2.24) is 4.98 Å². The molecule has 1 fully saturated rings. The summed E-state index contributed by atoms with van der Waals surface area (Å²) in [5, 5.41) is 0. The third kappa shape index (κ3) is 2.10. The van der Waals surface area contributed by atoms with E-state index < -0.39 is 5.92 Å². The molecule has 2 heterocycles. The maximum atomic E-state index is 11.9. The van der Waals surface area contributed by atoms with Gasteiger partial charge in [-0.3, -0.25) is 14.6 Å². The van der Waals surface area contributed by atoms with Crippen molar-refractivity contribution in [3.8, 4) is 0 Å². The van der Waals surface area contributed by atoms with Crippen LogP contribution >= 0.6 is 0 Å². The Kier molecular flexibility index (Phi) is 2.87. The lowest BCUT2D eigenvalue weighted by atomic mass is 9.92. The molecule has 1 saturated heterocycles. The van der Waals surface area contributed by atoms with Gasteiger partial charge in [0.2, 0.25) is 0 Å². The molecule has 0 aliphatic carbocycles. The average Bonchev–Trinajstić information content (AvgIpc) is 2.30. The van der Waals surface area contributed by atoms with Crippen LogP contribution in [0.2, 0.25) is 0 Å². The maximum Gasteiger partial charge on any atom is 0.175 e. The van der Waals surface area contributed by atoms with E-state index in [1.807, 2.05) is 0 Å². The van der Waals surface area contributed by atoms with E-state index in [-0.39, 0.29) is 18.2 Å². The molecule has 2 rings (SSSR count). The normalized spacial score (nSPS) is 21.3. The SMILES string of the molecule is O=C1CCOCC1C(=O)c1ccncc1. The number of ketones is 2. The van der Waals surface area contributed by atoms with Crippen molar-refractivity contribution >= 4 is 11.6 Å². The highest BCUT2D eigenvalue weighted by atomic mass is 16.5. The van der Waals surface area contributed by atoms with Gasteiger partial charge in [-0.05, 0) is 12.1 Å². The van der Waals surface area contributed by atoms with Gasteiger partial charge < -0.3 is 4.74 Å². The number of carbonyl (C=O) groups excluding carboxylic acids is 2.